The zero-order chi connectivity index (χ0) is 20.9. The summed E-state index contributed by atoms with van der Waals surface area (Å²) < 4.78 is 38.7. The van der Waals surface area contributed by atoms with Crippen molar-refractivity contribution in [2.45, 2.75) is 38.9 Å². The van der Waals surface area contributed by atoms with Crippen molar-refractivity contribution in [2.24, 2.45) is 5.92 Å². The molecule has 2 rings (SSSR count). The molecule has 1 unspecified atom stereocenters. The number of hydrogen-bond donors (Lipinski definition) is 1. The van der Waals surface area contributed by atoms with Crippen LogP contribution in [-0.2, 0) is 17.4 Å². The fraction of sp³-hybridized carbons (Fsp3) is 0.500. The SMILES string of the molecule is CC(C)CC(CN(C)C)NC(=O)Cc1csc(-c2cccc(C(F)(F)F)c2)n1. The first-order valence-electron chi connectivity index (χ1n) is 9.10. The summed E-state index contributed by atoms with van der Waals surface area (Å²) in [6, 6.07) is 5.12. The van der Waals surface area contributed by atoms with Gasteiger partial charge in [-0.15, -0.1) is 11.3 Å². The summed E-state index contributed by atoms with van der Waals surface area (Å²) in [5, 5.41) is 5.24. The average Bonchev–Trinajstić information content (AvgIpc) is 3.01. The number of halogens is 3. The molecule has 1 amide bonds. The molecular formula is C20H26F3N3OS. The second-order valence-electron chi connectivity index (χ2n) is 7.56. The Labute approximate surface area is 167 Å². The lowest BCUT2D eigenvalue weighted by Crippen LogP contribution is -2.43. The van der Waals surface area contributed by atoms with Gasteiger partial charge in [-0.2, -0.15) is 13.2 Å². The number of hydrogen-bond acceptors (Lipinski definition) is 4. The van der Waals surface area contributed by atoms with Crippen molar-refractivity contribution in [3.05, 3.63) is 40.9 Å². The minimum atomic E-state index is -4.39. The van der Waals surface area contributed by atoms with Crippen LogP contribution in [-0.4, -0.2) is 42.5 Å². The van der Waals surface area contributed by atoms with Gasteiger partial charge in [0.05, 0.1) is 17.7 Å². The van der Waals surface area contributed by atoms with E-state index in [9.17, 15) is 18.0 Å². The average molecular weight is 414 g/mol. The van der Waals surface area contributed by atoms with E-state index in [2.05, 4.69) is 24.1 Å². The smallest absolute Gasteiger partial charge is 0.352 e. The zero-order valence-electron chi connectivity index (χ0n) is 16.5. The van der Waals surface area contributed by atoms with Crippen LogP contribution in [0.3, 0.4) is 0 Å². The third-order valence-electron chi connectivity index (χ3n) is 4.04. The molecule has 0 bridgehead atoms. The van der Waals surface area contributed by atoms with E-state index in [-0.39, 0.29) is 18.4 Å². The Morgan fingerprint density at radius 1 is 1.29 bits per heavy atom. The number of thiazole rings is 1. The summed E-state index contributed by atoms with van der Waals surface area (Å²) in [6.45, 7) is 4.96. The lowest BCUT2D eigenvalue weighted by Gasteiger charge is -2.23. The molecule has 0 aliphatic rings. The molecule has 1 N–H and O–H groups in total. The summed E-state index contributed by atoms with van der Waals surface area (Å²) >= 11 is 1.24. The van der Waals surface area contributed by atoms with E-state index in [1.807, 2.05) is 19.0 Å². The summed E-state index contributed by atoms with van der Waals surface area (Å²) in [5.41, 5.74) is 0.250. The van der Waals surface area contributed by atoms with Gasteiger partial charge in [-0.25, -0.2) is 4.98 Å². The lowest BCUT2D eigenvalue weighted by atomic mass is 10.0. The number of amides is 1. The van der Waals surface area contributed by atoms with Crippen molar-refractivity contribution in [1.29, 1.82) is 0 Å². The second-order valence-corrected chi connectivity index (χ2v) is 8.41. The van der Waals surface area contributed by atoms with E-state index >= 15 is 0 Å². The van der Waals surface area contributed by atoms with Gasteiger partial charge in [-0.05, 0) is 38.6 Å². The number of nitrogens with one attached hydrogen (secondary N) is 1. The van der Waals surface area contributed by atoms with Gasteiger partial charge < -0.3 is 10.2 Å². The van der Waals surface area contributed by atoms with E-state index in [0.29, 0.717) is 22.2 Å². The lowest BCUT2D eigenvalue weighted by molar-refractivity contribution is -0.137. The van der Waals surface area contributed by atoms with Crippen LogP contribution in [0.5, 0.6) is 0 Å². The maximum absolute atomic E-state index is 12.9. The van der Waals surface area contributed by atoms with E-state index in [0.717, 1.165) is 25.1 Å². The van der Waals surface area contributed by atoms with Gasteiger partial charge in [0.1, 0.15) is 5.01 Å². The third-order valence-corrected chi connectivity index (χ3v) is 4.98. The monoisotopic (exact) mass is 413 g/mol. The van der Waals surface area contributed by atoms with Gasteiger partial charge >= 0.3 is 6.18 Å². The molecule has 0 radical (unpaired) electrons. The summed E-state index contributed by atoms with van der Waals surface area (Å²) in [5.74, 6) is 0.324. The van der Waals surface area contributed by atoms with Crippen molar-refractivity contribution >= 4 is 17.2 Å². The topological polar surface area (TPSA) is 45.2 Å². The molecule has 0 saturated carbocycles. The van der Waals surface area contributed by atoms with Gasteiger partial charge in [0, 0.05) is 23.5 Å². The first-order chi connectivity index (χ1) is 13.0. The summed E-state index contributed by atoms with van der Waals surface area (Å²) in [6.07, 6.45) is -3.41. The van der Waals surface area contributed by atoms with Crippen LogP contribution in [0.15, 0.2) is 29.6 Å². The summed E-state index contributed by atoms with van der Waals surface area (Å²) in [7, 11) is 3.92. The molecule has 1 atom stereocenters. The van der Waals surface area contributed by atoms with Gasteiger partial charge in [-0.1, -0.05) is 26.0 Å². The van der Waals surface area contributed by atoms with E-state index < -0.39 is 11.7 Å². The molecule has 0 fully saturated rings. The highest BCUT2D eigenvalue weighted by atomic mass is 32.1. The fourth-order valence-electron chi connectivity index (χ4n) is 2.98. The Hall–Kier alpha value is -1.93. The predicted molar refractivity (Wildman–Crippen MR) is 106 cm³/mol. The van der Waals surface area contributed by atoms with E-state index in [1.54, 1.807) is 11.4 Å². The Balaban J connectivity index is 2.05. The molecule has 1 aromatic heterocycles. The number of benzene rings is 1. The maximum Gasteiger partial charge on any atom is 0.416 e. The zero-order valence-corrected chi connectivity index (χ0v) is 17.3. The molecule has 4 nitrogen and oxygen atoms in total. The Morgan fingerprint density at radius 3 is 2.61 bits per heavy atom. The van der Waals surface area contributed by atoms with Crippen LogP contribution in [0.25, 0.3) is 10.6 Å². The minimum absolute atomic E-state index is 0.0454. The molecule has 0 spiro atoms. The highest BCUT2D eigenvalue weighted by molar-refractivity contribution is 7.13. The molecule has 0 aliphatic heterocycles. The molecule has 0 saturated heterocycles. The predicted octanol–water partition coefficient (Wildman–Crippen LogP) is 4.46. The Bertz CT molecular complexity index is 777. The van der Waals surface area contributed by atoms with Gasteiger partial charge in [0.2, 0.25) is 5.91 Å². The first kappa shape index (κ1) is 22.4. The number of nitrogens with zero attached hydrogens (tertiary/aromatic N) is 2. The molecule has 8 heteroatoms. The molecule has 0 aliphatic carbocycles. The van der Waals surface area contributed by atoms with Crippen LogP contribution in [0.1, 0.15) is 31.5 Å². The number of aromatic nitrogens is 1. The number of carbonyl (C=O) groups excluding carboxylic acids is 1. The van der Waals surface area contributed by atoms with Crippen molar-refractivity contribution < 1.29 is 18.0 Å². The third kappa shape index (κ3) is 6.91. The largest absolute Gasteiger partial charge is 0.416 e. The van der Waals surface area contributed by atoms with E-state index in [4.69, 9.17) is 0 Å². The van der Waals surface area contributed by atoms with Crippen LogP contribution in [0, 0.1) is 5.92 Å². The Morgan fingerprint density at radius 2 is 2.00 bits per heavy atom. The number of carbonyl (C=O) groups is 1. The number of rotatable bonds is 8. The molecule has 1 heterocycles. The highest BCUT2D eigenvalue weighted by Gasteiger charge is 2.30. The quantitative estimate of drug-likeness (QED) is 0.695. The first-order valence-corrected chi connectivity index (χ1v) is 9.98. The standard InChI is InChI=1S/C20H26F3N3OS/c1-13(2)8-16(11-26(3)4)24-18(27)10-17-12-28-19(25-17)14-6-5-7-15(9-14)20(21,22)23/h5-7,9,12-13,16H,8,10-11H2,1-4H3,(H,24,27). The molecule has 1 aromatic carbocycles. The molecular weight excluding hydrogens is 387 g/mol. The normalized spacial score (nSPS) is 13.2. The highest BCUT2D eigenvalue weighted by Crippen LogP contribution is 2.33. The van der Waals surface area contributed by atoms with Crippen molar-refractivity contribution in [1.82, 2.24) is 15.2 Å². The Kier molecular flexibility index (Phi) is 7.60. The molecule has 2 aromatic rings. The number of likely N-dealkylation sites (N-methyl/N-ethyl adjacent to an activating group) is 1. The van der Waals surface area contributed by atoms with Crippen LogP contribution in [0.2, 0.25) is 0 Å². The summed E-state index contributed by atoms with van der Waals surface area (Å²) in [4.78, 5) is 18.8. The van der Waals surface area contributed by atoms with Crippen molar-refractivity contribution in [3.63, 3.8) is 0 Å². The number of alkyl halides is 3. The molecule has 28 heavy (non-hydrogen) atoms. The van der Waals surface area contributed by atoms with Crippen LogP contribution >= 0.6 is 11.3 Å². The molecule has 154 valence electrons. The van der Waals surface area contributed by atoms with Crippen LogP contribution in [0.4, 0.5) is 13.2 Å². The van der Waals surface area contributed by atoms with E-state index in [1.165, 1.54) is 17.4 Å². The van der Waals surface area contributed by atoms with Gasteiger partial charge in [0.25, 0.3) is 0 Å². The maximum atomic E-state index is 12.9. The van der Waals surface area contributed by atoms with Gasteiger partial charge in [-0.3, -0.25) is 4.79 Å². The van der Waals surface area contributed by atoms with Crippen molar-refractivity contribution in [2.75, 3.05) is 20.6 Å². The van der Waals surface area contributed by atoms with Crippen LogP contribution < -0.4 is 5.32 Å². The second kappa shape index (κ2) is 9.52. The minimum Gasteiger partial charge on any atom is -0.352 e. The fourth-order valence-corrected chi connectivity index (χ4v) is 3.80. The van der Waals surface area contributed by atoms with Crippen molar-refractivity contribution in [3.8, 4) is 10.6 Å². The van der Waals surface area contributed by atoms with Gasteiger partial charge in [0.15, 0.2) is 0 Å².